The molecule has 0 aliphatic heterocycles. The molecule has 0 aliphatic carbocycles. The largest absolute Gasteiger partial charge is 0.320 e. The molecule has 12 heavy (non-hydrogen) atoms. The Hall–Kier alpha value is -0.700. The molecule has 0 aromatic heterocycles. The van der Waals surface area contributed by atoms with E-state index >= 15 is 0 Å². The van der Waals surface area contributed by atoms with E-state index < -0.39 is 4.83 Å². The van der Waals surface area contributed by atoms with Crippen LogP contribution in [0, 0.1) is 0 Å². The van der Waals surface area contributed by atoms with Crippen LogP contribution >= 0.6 is 15.9 Å². The third kappa shape index (κ3) is 3.62. The van der Waals surface area contributed by atoms with Crippen molar-refractivity contribution in [3.8, 4) is 0 Å². The molecular formula is C9H7BrF2. The zero-order valence-corrected chi connectivity index (χ0v) is 7.76. The summed E-state index contributed by atoms with van der Waals surface area (Å²) in [4.78, 5) is -2.91. The SMILES string of the molecule is FC(F)(Br)/C=C/c1ccccc1. The minimum absolute atomic E-state index is 0.761. The van der Waals surface area contributed by atoms with Gasteiger partial charge in [-0.2, -0.15) is 8.78 Å². The molecule has 0 amide bonds. The number of allylic oxidation sites excluding steroid dienone is 1. The van der Waals surface area contributed by atoms with Crippen molar-refractivity contribution in [3.63, 3.8) is 0 Å². The molecule has 0 spiro atoms. The Morgan fingerprint density at radius 2 is 1.75 bits per heavy atom. The highest BCUT2D eigenvalue weighted by atomic mass is 79.9. The Morgan fingerprint density at radius 1 is 1.17 bits per heavy atom. The highest BCUT2D eigenvalue weighted by molar-refractivity contribution is 9.10. The van der Waals surface area contributed by atoms with Crippen molar-refractivity contribution < 1.29 is 8.78 Å². The first-order chi connectivity index (χ1) is 5.58. The van der Waals surface area contributed by atoms with Gasteiger partial charge in [-0.05, 0) is 27.6 Å². The molecule has 0 bridgehead atoms. The standard InChI is InChI=1S/C9H7BrF2/c10-9(11,12)7-6-8-4-2-1-3-5-8/h1-7H/b7-6+. The average Bonchev–Trinajstić information content (AvgIpc) is 2.02. The summed E-state index contributed by atoms with van der Waals surface area (Å²) >= 11 is 2.22. The fraction of sp³-hybridized carbons (Fsp3) is 0.111. The second kappa shape index (κ2) is 3.81. The van der Waals surface area contributed by atoms with Crippen LogP contribution in [0.2, 0.25) is 0 Å². The highest BCUT2D eigenvalue weighted by Gasteiger charge is 2.17. The maximum absolute atomic E-state index is 12.2. The van der Waals surface area contributed by atoms with E-state index in [0.717, 1.165) is 11.6 Å². The van der Waals surface area contributed by atoms with Gasteiger partial charge in [0.05, 0.1) is 0 Å². The molecule has 64 valence electrons. The Labute approximate surface area is 78.0 Å². The lowest BCUT2D eigenvalue weighted by atomic mass is 10.2. The lowest BCUT2D eigenvalue weighted by Crippen LogP contribution is -1.96. The van der Waals surface area contributed by atoms with E-state index in [1.165, 1.54) is 6.08 Å². The zero-order chi connectivity index (χ0) is 9.03. The van der Waals surface area contributed by atoms with Gasteiger partial charge < -0.3 is 0 Å². The summed E-state index contributed by atoms with van der Waals surface area (Å²) < 4.78 is 24.5. The van der Waals surface area contributed by atoms with E-state index in [9.17, 15) is 8.78 Å². The molecule has 0 aliphatic rings. The van der Waals surface area contributed by atoms with Gasteiger partial charge in [0, 0.05) is 0 Å². The number of rotatable bonds is 2. The van der Waals surface area contributed by atoms with Crippen LogP contribution < -0.4 is 0 Å². The molecule has 0 saturated carbocycles. The third-order valence-electron chi connectivity index (χ3n) is 1.26. The lowest BCUT2D eigenvalue weighted by molar-refractivity contribution is 0.172. The van der Waals surface area contributed by atoms with E-state index in [-0.39, 0.29) is 0 Å². The molecule has 0 atom stereocenters. The van der Waals surface area contributed by atoms with Gasteiger partial charge in [-0.3, -0.25) is 0 Å². The van der Waals surface area contributed by atoms with Crippen LogP contribution in [-0.4, -0.2) is 4.83 Å². The third-order valence-corrected chi connectivity index (χ3v) is 1.53. The number of halogens is 3. The van der Waals surface area contributed by atoms with Crippen molar-refractivity contribution in [3.05, 3.63) is 42.0 Å². The number of benzene rings is 1. The van der Waals surface area contributed by atoms with E-state index in [0.29, 0.717) is 0 Å². The van der Waals surface area contributed by atoms with Gasteiger partial charge in [-0.25, -0.2) is 0 Å². The molecule has 0 heterocycles. The van der Waals surface area contributed by atoms with Crippen LogP contribution in [0.1, 0.15) is 5.56 Å². The van der Waals surface area contributed by atoms with Crippen LogP contribution in [-0.2, 0) is 0 Å². The number of hydrogen-bond acceptors (Lipinski definition) is 0. The zero-order valence-electron chi connectivity index (χ0n) is 6.18. The number of alkyl halides is 3. The van der Waals surface area contributed by atoms with Crippen LogP contribution in [0.3, 0.4) is 0 Å². The van der Waals surface area contributed by atoms with Gasteiger partial charge >= 0.3 is 4.83 Å². The predicted octanol–water partition coefficient (Wildman–Crippen LogP) is 3.69. The molecule has 0 radical (unpaired) electrons. The topological polar surface area (TPSA) is 0 Å². The summed E-state index contributed by atoms with van der Waals surface area (Å²) in [7, 11) is 0. The van der Waals surface area contributed by atoms with Gasteiger partial charge in [-0.15, -0.1) is 0 Å². The molecule has 1 aromatic carbocycles. The van der Waals surface area contributed by atoms with Crippen molar-refractivity contribution in [2.24, 2.45) is 0 Å². The van der Waals surface area contributed by atoms with Crippen LogP contribution in [0.5, 0.6) is 0 Å². The van der Waals surface area contributed by atoms with Gasteiger partial charge in [0.1, 0.15) is 0 Å². The molecule has 0 fully saturated rings. The molecule has 0 N–H and O–H groups in total. The molecule has 1 rings (SSSR count). The van der Waals surface area contributed by atoms with Gasteiger partial charge in [0.25, 0.3) is 0 Å². The first-order valence-corrected chi connectivity index (χ1v) is 4.18. The van der Waals surface area contributed by atoms with Crippen LogP contribution in [0.25, 0.3) is 6.08 Å². The summed E-state index contributed by atoms with van der Waals surface area (Å²) in [6.45, 7) is 0. The number of hydrogen-bond donors (Lipinski definition) is 0. The minimum Gasteiger partial charge on any atom is -0.189 e. The Bertz CT molecular complexity index is 262. The summed E-state index contributed by atoms with van der Waals surface area (Å²) in [5.74, 6) is 0. The molecule has 0 unspecified atom stereocenters. The molecule has 3 heteroatoms. The summed E-state index contributed by atoms with van der Waals surface area (Å²) in [6.07, 6.45) is 2.18. The van der Waals surface area contributed by atoms with Gasteiger partial charge in [0.15, 0.2) is 0 Å². The van der Waals surface area contributed by atoms with Crippen LogP contribution in [0.15, 0.2) is 36.4 Å². The van der Waals surface area contributed by atoms with Crippen LogP contribution in [0.4, 0.5) is 8.78 Å². The fourth-order valence-electron chi connectivity index (χ4n) is 0.755. The second-order valence-corrected chi connectivity index (χ2v) is 3.34. The Balaban J connectivity index is 2.71. The first kappa shape index (κ1) is 9.39. The summed E-state index contributed by atoms with van der Waals surface area (Å²) in [5.41, 5.74) is 0.761. The molecule has 0 nitrogen and oxygen atoms in total. The van der Waals surface area contributed by atoms with E-state index in [1.54, 1.807) is 24.3 Å². The Kier molecular flexibility index (Phi) is 2.98. The first-order valence-electron chi connectivity index (χ1n) is 3.39. The van der Waals surface area contributed by atoms with Crippen molar-refractivity contribution >= 4 is 22.0 Å². The Morgan fingerprint density at radius 3 is 2.25 bits per heavy atom. The quantitative estimate of drug-likeness (QED) is 0.683. The summed E-state index contributed by atoms with van der Waals surface area (Å²) in [5, 5.41) is 0. The second-order valence-electron chi connectivity index (χ2n) is 2.29. The monoisotopic (exact) mass is 232 g/mol. The molecular weight excluding hydrogens is 226 g/mol. The van der Waals surface area contributed by atoms with Gasteiger partial charge in [0.2, 0.25) is 0 Å². The normalized spacial score (nSPS) is 12.2. The molecule has 0 saturated heterocycles. The smallest absolute Gasteiger partial charge is 0.189 e. The average molecular weight is 233 g/mol. The van der Waals surface area contributed by atoms with Gasteiger partial charge in [-0.1, -0.05) is 36.4 Å². The van der Waals surface area contributed by atoms with Crippen molar-refractivity contribution in [2.75, 3.05) is 0 Å². The molecule has 1 aromatic rings. The van der Waals surface area contributed by atoms with Crippen molar-refractivity contribution in [1.29, 1.82) is 0 Å². The maximum atomic E-state index is 12.2. The van der Waals surface area contributed by atoms with Crippen molar-refractivity contribution in [1.82, 2.24) is 0 Å². The van der Waals surface area contributed by atoms with Crippen molar-refractivity contribution in [2.45, 2.75) is 4.83 Å². The van der Waals surface area contributed by atoms with E-state index in [2.05, 4.69) is 15.9 Å². The van der Waals surface area contributed by atoms with E-state index in [1.807, 2.05) is 6.07 Å². The minimum atomic E-state index is -2.91. The maximum Gasteiger partial charge on any atom is 0.320 e. The highest BCUT2D eigenvalue weighted by Crippen LogP contribution is 2.23. The lowest BCUT2D eigenvalue weighted by Gasteiger charge is -1.99. The fourth-order valence-corrected chi connectivity index (χ4v) is 0.887. The summed E-state index contributed by atoms with van der Waals surface area (Å²) in [6, 6.07) is 8.95. The predicted molar refractivity (Wildman–Crippen MR) is 49.4 cm³/mol. The van der Waals surface area contributed by atoms with E-state index in [4.69, 9.17) is 0 Å².